The number of nitrogens with zero attached hydrogens (tertiary/aromatic N) is 1. The van der Waals surface area contributed by atoms with Gasteiger partial charge in [0.05, 0.1) is 19.1 Å². The van der Waals surface area contributed by atoms with E-state index < -0.39 is 12.4 Å². The van der Waals surface area contributed by atoms with Crippen LogP contribution in [-0.2, 0) is 16.0 Å². The number of carbonyl (C=O) groups is 1. The highest BCUT2D eigenvalue weighted by atomic mass is 35.5. The summed E-state index contributed by atoms with van der Waals surface area (Å²) in [6.07, 6.45) is -1.53. The van der Waals surface area contributed by atoms with Crippen LogP contribution in [0, 0.1) is 0 Å². The summed E-state index contributed by atoms with van der Waals surface area (Å²) >= 11 is 5.45. The number of rotatable bonds is 3. The summed E-state index contributed by atoms with van der Waals surface area (Å²) in [6.45, 7) is 0. The number of aromatic nitrogens is 1. The molecule has 1 aromatic heterocycles. The van der Waals surface area contributed by atoms with Crippen molar-refractivity contribution in [2.24, 2.45) is 0 Å². The molecule has 0 atom stereocenters. The molecule has 0 aliphatic heterocycles. The molecule has 0 unspecified atom stereocenters. The fourth-order valence-electron chi connectivity index (χ4n) is 0.999. The van der Waals surface area contributed by atoms with Gasteiger partial charge in [-0.15, -0.1) is 0 Å². The van der Waals surface area contributed by atoms with Crippen LogP contribution in [0.2, 0.25) is 5.15 Å². The van der Waals surface area contributed by atoms with E-state index in [4.69, 9.17) is 11.6 Å². The molecular formula is C9H8ClF2NO2. The van der Waals surface area contributed by atoms with Crippen LogP contribution in [0.15, 0.2) is 12.3 Å². The first-order valence-corrected chi connectivity index (χ1v) is 4.41. The molecule has 0 saturated carbocycles. The molecule has 0 amide bonds. The van der Waals surface area contributed by atoms with Gasteiger partial charge in [-0.25, -0.2) is 13.8 Å². The summed E-state index contributed by atoms with van der Waals surface area (Å²) in [5.74, 6) is -0.515. The zero-order valence-corrected chi connectivity index (χ0v) is 8.59. The van der Waals surface area contributed by atoms with Crippen molar-refractivity contribution in [3.8, 4) is 0 Å². The maximum atomic E-state index is 12.4. The van der Waals surface area contributed by atoms with Gasteiger partial charge in [0.2, 0.25) is 0 Å². The molecule has 0 aliphatic rings. The SMILES string of the molecule is COC(=O)Cc1cnc(Cl)c(C(F)F)c1. The summed E-state index contributed by atoms with van der Waals surface area (Å²) < 4.78 is 29.2. The number of hydrogen-bond donors (Lipinski definition) is 0. The summed E-state index contributed by atoms with van der Waals surface area (Å²) in [4.78, 5) is 14.4. The van der Waals surface area contributed by atoms with Crippen molar-refractivity contribution in [2.45, 2.75) is 12.8 Å². The molecule has 0 N–H and O–H groups in total. The van der Waals surface area contributed by atoms with Crippen molar-refractivity contribution < 1.29 is 18.3 Å². The Morgan fingerprint density at radius 1 is 1.67 bits per heavy atom. The van der Waals surface area contributed by atoms with E-state index in [1.54, 1.807) is 0 Å². The number of hydrogen-bond acceptors (Lipinski definition) is 3. The van der Waals surface area contributed by atoms with Gasteiger partial charge in [-0.05, 0) is 11.6 Å². The third kappa shape index (κ3) is 3.13. The zero-order valence-electron chi connectivity index (χ0n) is 7.84. The average molecular weight is 236 g/mol. The molecule has 1 rings (SSSR count). The van der Waals surface area contributed by atoms with Gasteiger partial charge in [0, 0.05) is 6.20 Å². The number of carbonyl (C=O) groups excluding carboxylic acids is 1. The molecule has 0 radical (unpaired) electrons. The van der Waals surface area contributed by atoms with Gasteiger partial charge in [-0.3, -0.25) is 4.79 Å². The van der Waals surface area contributed by atoms with Gasteiger partial charge in [0.25, 0.3) is 6.43 Å². The number of alkyl halides is 2. The van der Waals surface area contributed by atoms with Gasteiger partial charge in [-0.2, -0.15) is 0 Å². The fourth-order valence-corrected chi connectivity index (χ4v) is 1.19. The Balaban J connectivity index is 2.92. The molecule has 0 fully saturated rings. The van der Waals surface area contributed by atoms with E-state index in [0.717, 1.165) is 6.07 Å². The Morgan fingerprint density at radius 3 is 2.87 bits per heavy atom. The lowest BCUT2D eigenvalue weighted by Crippen LogP contribution is -2.05. The van der Waals surface area contributed by atoms with Crippen molar-refractivity contribution in [2.75, 3.05) is 7.11 Å². The minimum atomic E-state index is -2.71. The average Bonchev–Trinajstić information content (AvgIpc) is 2.20. The lowest BCUT2D eigenvalue weighted by molar-refractivity contribution is -0.139. The normalized spacial score (nSPS) is 10.5. The Morgan fingerprint density at radius 2 is 2.33 bits per heavy atom. The third-order valence-electron chi connectivity index (χ3n) is 1.73. The van der Waals surface area contributed by atoms with Gasteiger partial charge < -0.3 is 4.74 Å². The minimum Gasteiger partial charge on any atom is -0.469 e. The third-order valence-corrected chi connectivity index (χ3v) is 2.05. The molecule has 1 heterocycles. The lowest BCUT2D eigenvalue weighted by Gasteiger charge is -2.05. The Hall–Kier alpha value is -1.23. The first-order chi connectivity index (χ1) is 7.04. The summed E-state index contributed by atoms with van der Waals surface area (Å²) in [6, 6.07) is 1.15. The first-order valence-electron chi connectivity index (χ1n) is 4.04. The van der Waals surface area contributed by atoms with Crippen molar-refractivity contribution in [3.63, 3.8) is 0 Å². The molecule has 82 valence electrons. The predicted molar refractivity (Wildman–Crippen MR) is 49.9 cm³/mol. The van der Waals surface area contributed by atoms with E-state index in [-0.39, 0.29) is 17.1 Å². The second-order valence-corrected chi connectivity index (χ2v) is 3.14. The lowest BCUT2D eigenvalue weighted by atomic mass is 10.1. The zero-order chi connectivity index (χ0) is 11.4. The monoisotopic (exact) mass is 235 g/mol. The van der Waals surface area contributed by atoms with Crippen LogP contribution >= 0.6 is 11.6 Å². The van der Waals surface area contributed by atoms with E-state index in [1.807, 2.05) is 0 Å². The van der Waals surface area contributed by atoms with Crippen LogP contribution in [0.4, 0.5) is 8.78 Å². The van der Waals surface area contributed by atoms with Crippen molar-refractivity contribution >= 4 is 17.6 Å². The second-order valence-electron chi connectivity index (χ2n) is 2.78. The number of pyridine rings is 1. The largest absolute Gasteiger partial charge is 0.469 e. The van der Waals surface area contributed by atoms with Gasteiger partial charge in [0.15, 0.2) is 0 Å². The Labute approximate surface area is 90.0 Å². The Kier molecular flexibility index (Phi) is 3.96. The highest BCUT2D eigenvalue weighted by Crippen LogP contribution is 2.25. The van der Waals surface area contributed by atoms with Gasteiger partial charge in [-0.1, -0.05) is 11.6 Å². The quantitative estimate of drug-likeness (QED) is 0.597. The number of esters is 1. The smallest absolute Gasteiger partial charge is 0.310 e. The highest BCUT2D eigenvalue weighted by molar-refractivity contribution is 6.30. The summed E-state index contributed by atoms with van der Waals surface area (Å²) in [7, 11) is 1.22. The molecule has 0 saturated heterocycles. The van der Waals surface area contributed by atoms with Crippen LogP contribution in [-0.4, -0.2) is 18.1 Å². The van der Waals surface area contributed by atoms with Gasteiger partial charge in [0.1, 0.15) is 5.15 Å². The topological polar surface area (TPSA) is 39.2 Å². The molecule has 0 aromatic carbocycles. The van der Waals surface area contributed by atoms with E-state index in [9.17, 15) is 13.6 Å². The van der Waals surface area contributed by atoms with Crippen LogP contribution < -0.4 is 0 Å². The van der Waals surface area contributed by atoms with Gasteiger partial charge >= 0.3 is 5.97 Å². The van der Waals surface area contributed by atoms with Crippen LogP contribution in [0.1, 0.15) is 17.6 Å². The first kappa shape index (κ1) is 11.8. The van der Waals surface area contributed by atoms with E-state index in [0.29, 0.717) is 5.56 Å². The van der Waals surface area contributed by atoms with E-state index in [1.165, 1.54) is 13.3 Å². The van der Waals surface area contributed by atoms with Crippen LogP contribution in [0.5, 0.6) is 0 Å². The molecular weight excluding hydrogens is 228 g/mol. The van der Waals surface area contributed by atoms with Crippen LogP contribution in [0.3, 0.4) is 0 Å². The molecule has 15 heavy (non-hydrogen) atoms. The van der Waals surface area contributed by atoms with Crippen molar-refractivity contribution in [1.29, 1.82) is 0 Å². The molecule has 3 nitrogen and oxygen atoms in total. The number of ether oxygens (including phenoxy) is 1. The molecule has 6 heteroatoms. The molecule has 1 aromatic rings. The molecule has 0 spiro atoms. The highest BCUT2D eigenvalue weighted by Gasteiger charge is 2.14. The number of methoxy groups -OCH3 is 1. The summed E-state index contributed by atoms with van der Waals surface area (Å²) in [5, 5.41) is -0.251. The maximum absolute atomic E-state index is 12.4. The van der Waals surface area contributed by atoms with E-state index in [2.05, 4.69) is 9.72 Å². The fraction of sp³-hybridized carbons (Fsp3) is 0.333. The molecule has 0 bridgehead atoms. The Bertz CT molecular complexity index is 371. The summed E-state index contributed by atoms with van der Waals surface area (Å²) in [5.41, 5.74) is -0.0281. The van der Waals surface area contributed by atoms with Crippen molar-refractivity contribution in [3.05, 3.63) is 28.5 Å². The van der Waals surface area contributed by atoms with Crippen LogP contribution in [0.25, 0.3) is 0 Å². The molecule has 0 aliphatic carbocycles. The second kappa shape index (κ2) is 5.02. The predicted octanol–water partition coefficient (Wildman–Crippen LogP) is 2.39. The maximum Gasteiger partial charge on any atom is 0.310 e. The van der Waals surface area contributed by atoms with E-state index >= 15 is 0 Å². The minimum absolute atomic E-state index is 0.0968. The van der Waals surface area contributed by atoms with Crippen molar-refractivity contribution in [1.82, 2.24) is 4.98 Å². The standard InChI is InChI=1S/C9H8ClF2NO2/c1-15-7(14)3-5-2-6(9(11)12)8(10)13-4-5/h2,4,9H,3H2,1H3. The number of halogens is 3.